The van der Waals surface area contributed by atoms with Crippen molar-refractivity contribution < 1.29 is 9.32 Å². The fourth-order valence-corrected chi connectivity index (χ4v) is 1.93. The normalized spacial score (nSPS) is 12.1. The number of carbonyl (C=O) groups is 1. The van der Waals surface area contributed by atoms with Crippen molar-refractivity contribution in [3.05, 3.63) is 11.8 Å². The van der Waals surface area contributed by atoms with Gasteiger partial charge in [-0.15, -0.1) is 0 Å². The lowest BCUT2D eigenvalue weighted by Crippen LogP contribution is -2.44. The summed E-state index contributed by atoms with van der Waals surface area (Å²) in [4.78, 5) is 14.0. The van der Waals surface area contributed by atoms with E-state index < -0.39 is 0 Å². The molecule has 5 heteroatoms. The van der Waals surface area contributed by atoms with Gasteiger partial charge in [0.05, 0.1) is 0 Å². The van der Waals surface area contributed by atoms with Gasteiger partial charge in [0.15, 0.2) is 5.82 Å². The molecule has 19 heavy (non-hydrogen) atoms. The summed E-state index contributed by atoms with van der Waals surface area (Å²) >= 11 is 0. The molecular weight excluding hydrogens is 242 g/mol. The molecule has 0 unspecified atom stereocenters. The van der Waals surface area contributed by atoms with Gasteiger partial charge in [0.25, 0.3) is 0 Å². The van der Waals surface area contributed by atoms with Crippen molar-refractivity contribution in [1.82, 2.24) is 10.1 Å². The Morgan fingerprint density at radius 1 is 1.26 bits per heavy atom. The van der Waals surface area contributed by atoms with Crippen LogP contribution < -0.4 is 5.32 Å². The summed E-state index contributed by atoms with van der Waals surface area (Å²) in [5.41, 5.74) is -0.119. The fourth-order valence-electron chi connectivity index (χ4n) is 1.93. The van der Waals surface area contributed by atoms with Crippen molar-refractivity contribution in [2.75, 3.05) is 5.32 Å². The van der Waals surface area contributed by atoms with Crippen LogP contribution in [0.2, 0.25) is 0 Å². The number of rotatable bonds is 3. The lowest BCUT2D eigenvalue weighted by Gasteiger charge is -2.30. The first-order chi connectivity index (χ1) is 8.62. The third kappa shape index (κ3) is 3.98. The first kappa shape index (κ1) is 15.5. The van der Waals surface area contributed by atoms with E-state index in [0.29, 0.717) is 5.82 Å². The largest absolute Gasteiger partial charge is 0.359 e. The SMILES string of the molecule is CC(C)N(C(=O)Nc1cc(C(C)(C)C)on1)C(C)C. The minimum atomic E-state index is -0.154. The van der Waals surface area contributed by atoms with Crippen LogP contribution in [0, 0.1) is 0 Å². The molecule has 1 heterocycles. The number of aromatic nitrogens is 1. The molecule has 0 bridgehead atoms. The zero-order valence-electron chi connectivity index (χ0n) is 12.9. The summed E-state index contributed by atoms with van der Waals surface area (Å²) in [6.07, 6.45) is 0. The highest BCUT2D eigenvalue weighted by Gasteiger charge is 2.23. The van der Waals surface area contributed by atoms with Crippen molar-refractivity contribution in [1.29, 1.82) is 0 Å². The monoisotopic (exact) mass is 267 g/mol. The van der Waals surface area contributed by atoms with Gasteiger partial charge < -0.3 is 9.42 Å². The number of amides is 2. The summed E-state index contributed by atoms with van der Waals surface area (Å²) in [6.45, 7) is 14.1. The van der Waals surface area contributed by atoms with Crippen molar-refractivity contribution in [3.8, 4) is 0 Å². The molecule has 1 N–H and O–H groups in total. The van der Waals surface area contributed by atoms with Gasteiger partial charge in [-0.25, -0.2) is 4.79 Å². The summed E-state index contributed by atoms with van der Waals surface area (Å²) in [5.74, 6) is 1.21. The maximum atomic E-state index is 12.2. The molecule has 5 nitrogen and oxygen atoms in total. The predicted octanol–water partition coefficient (Wildman–Crippen LogP) is 3.62. The van der Waals surface area contributed by atoms with Gasteiger partial charge in [-0.1, -0.05) is 25.9 Å². The van der Waals surface area contributed by atoms with E-state index in [4.69, 9.17) is 4.52 Å². The van der Waals surface area contributed by atoms with Crippen molar-refractivity contribution >= 4 is 11.8 Å². The molecular formula is C14H25N3O2. The zero-order chi connectivity index (χ0) is 14.8. The number of carbonyl (C=O) groups excluding carboxylic acids is 1. The Bertz CT molecular complexity index is 422. The fraction of sp³-hybridized carbons (Fsp3) is 0.714. The second kappa shape index (κ2) is 5.63. The Morgan fingerprint density at radius 3 is 2.16 bits per heavy atom. The van der Waals surface area contributed by atoms with Gasteiger partial charge in [0, 0.05) is 23.6 Å². The molecule has 0 aliphatic rings. The van der Waals surface area contributed by atoms with Crippen LogP contribution in [0.5, 0.6) is 0 Å². The highest BCUT2D eigenvalue weighted by Crippen LogP contribution is 2.24. The van der Waals surface area contributed by atoms with E-state index >= 15 is 0 Å². The average Bonchev–Trinajstić information content (AvgIpc) is 2.63. The van der Waals surface area contributed by atoms with E-state index in [9.17, 15) is 4.79 Å². The van der Waals surface area contributed by atoms with Gasteiger partial charge in [-0.05, 0) is 27.7 Å². The molecule has 0 aromatic carbocycles. The van der Waals surface area contributed by atoms with E-state index in [-0.39, 0.29) is 23.5 Å². The molecule has 0 saturated carbocycles. The Kier molecular flexibility index (Phi) is 4.61. The van der Waals surface area contributed by atoms with Crippen molar-refractivity contribution in [2.45, 2.75) is 66.0 Å². The average molecular weight is 267 g/mol. The van der Waals surface area contributed by atoms with Crippen LogP contribution in [0.15, 0.2) is 10.6 Å². The molecule has 0 aliphatic heterocycles. The number of hydrogen-bond donors (Lipinski definition) is 1. The minimum absolute atomic E-state index is 0.119. The Labute approximate surface area is 115 Å². The van der Waals surface area contributed by atoms with Crippen LogP contribution in [0.1, 0.15) is 54.2 Å². The third-order valence-electron chi connectivity index (χ3n) is 2.83. The summed E-state index contributed by atoms with van der Waals surface area (Å²) in [5, 5.41) is 6.67. The standard InChI is InChI=1S/C14H25N3O2/c1-9(2)17(10(3)4)13(18)15-12-8-11(19-16-12)14(5,6)7/h8-10H,1-7H3,(H,15,16,18). The minimum Gasteiger partial charge on any atom is -0.359 e. The smallest absolute Gasteiger partial charge is 0.323 e. The first-order valence-electron chi connectivity index (χ1n) is 6.69. The van der Waals surface area contributed by atoms with E-state index in [0.717, 1.165) is 5.76 Å². The second-order valence-corrected chi connectivity index (χ2v) is 6.35. The van der Waals surface area contributed by atoms with Gasteiger partial charge in [0.1, 0.15) is 5.76 Å². The van der Waals surface area contributed by atoms with Crippen LogP contribution >= 0.6 is 0 Å². The molecule has 0 aliphatic carbocycles. The Balaban J connectivity index is 2.79. The molecule has 1 rings (SSSR count). The van der Waals surface area contributed by atoms with Crippen LogP contribution in [-0.4, -0.2) is 28.2 Å². The number of nitrogens with zero attached hydrogens (tertiary/aromatic N) is 2. The van der Waals surface area contributed by atoms with E-state index in [1.165, 1.54) is 0 Å². The van der Waals surface area contributed by atoms with Crippen LogP contribution in [0.4, 0.5) is 10.6 Å². The highest BCUT2D eigenvalue weighted by atomic mass is 16.5. The number of nitrogens with one attached hydrogen (secondary N) is 1. The molecule has 0 saturated heterocycles. The quantitative estimate of drug-likeness (QED) is 0.909. The van der Waals surface area contributed by atoms with Crippen LogP contribution in [0.25, 0.3) is 0 Å². The van der Waals surface area contributed by atoms with E-state index in [1.54, 1.807) is 11.0 Å². The molecule has 0 fully saturated rings. The first-order valence-corrected chi connectivity index (χ1v) is 6.69. The third-order valence-corrected chi connectivity index (χ3v) is 2.83. The molecule has 0 spiro atoms. The van der Waals surface area contributed by atoms with Crippen LogP contribution in [0.3, 0.4) is 0 Å². The Morgan fingerprint density at radius 2 is 1.79 bits per heavy atom. The maximum absolute atomic E-state index is 12.2. The lowest BCUT2D eigenvalue weighted by molar-refractivity contribution is 0.178. The predicted molar refractivity (Wildman–Crippen MR) is 76.3 cm³/mol. The second-order valence-electron chi connectivity index (χ2n) is 6.35. The zero-order valence-corrected chi connectivity index (χ0v) is 12.9. The van der Waals surface area contributed by atoms with E-state index in [1.807, 2.05) is 48.5 Å². The van der Waals surface area contributed by atoms with Crippen molar-refractivity contribution in [2.24, 2.45) is 0 Å². The van der Waals surface area contributed by atoms with Crippen molar-refractivity contribution in [3.63, 3.8) is 0 Å². The molecule has 2 amide bonds. The molecule has 1 aromatic rings. The molecule has 108 valence electrons. The van der Waals surface area contributed by atoms with E-state index in [2.05, 4.69) is 10.5 Å². The van der Waals surface area contributed by atoms with Gasteiger partial charge in [0.2, 0.25) is 0 Å². The van der Waals surface area contributed by atoms with Gasteiger partial charge in [-0.2, -0.15) is 0 Å². The number of urea groups is 1. The summed E-state index contributed by atoms with van der Waals surface area (Å²) in [7, 11) is 0. The highest BCUT2D eigenvalue weighted by molar-refractivity contribution is 5.88. The van der Waals surface area contributed by atoms with Gasteiger partial charge >= 0.3 is 6.03 Å². The molecule has 0 atom stereocenters. The van der Waals surface area contributed by atoms with Gasteiger partial charge in [-0.3, -0.25) is 5.32 Å². The number of anilines is 1. The van der Waals surface area contributed by atoms with Crippen LogP contribution in [-0.2, 0) is 5.41 Å². The topological polar surface area (TPSA) is 58.4 Å². The number of hydrogen-bond acceptors (Lipinski definition) is 3. The lowest BCUT2D eigenvalue weighted by atomic mass is 9.93. The summed E-state index contributed by atoms with van der Waals surface area (Å²) in [6, 6.07) is 1.89. The molecule has 0 radical (unpaired) electrons. The Hall–Kier alpha value is -1.52. The maximum Gasteiger partial charge on any atom is 0.323 e. The molecule has 1 aromatic heterocycles. The summed E-state index contributed by atoms with van der Waals surface area (Å²) < 4.78 is 5.25.